The van der Waals surface area contributed by atoms with Crippen molar-refractivity contribution in [1.29, 1.82) is 0 Å². The number of aromatic nitrogens is 1. The molecule has 4 aromatic rings. The van der Waals surface area contributed by atoms with Gasteiger partial charge >= 0.3 is 0 Å². The molecule has 5 nitrogen and oxygen atoms in total. The summed E-state index contributed by atoms with van der Waals surface area (Å²) < 4.78 is 0. The number of H-pyrrole nitrogens is 1. The van der Waals surface area contributed by atoms with E-state index in [1.165, 1.54) is 0 Å². The van der Waals surface area contributed by atoms with Crippen molar-refractivity contribution in [3.8, 4) is 11.1 Å². The normalized spacial score (nSPS) is 15.0. The van der Waals surface area contributed by atoms with Gasteiger partial charge in [0.25, 0.3) is 0 Å². The van der Waals surface area contributed by atoms with E-state index < -0.39 is 11.3 Å². The summed E-state index contributed by atoms with van der Waals surface area (Å²) in [5.41, 5.74) is 9.87. The van der Waals surface area contributed by atoms with Crippen molar-refractivity contribution in [2.24, 2.45) is 5.73 Å². The zero-order valence-corrected chi connectivity index (χ0v) is 17.5. The van der Waals surface area contributed by atoms with Crippen LogP contribution in [0.4, 0.5) is 5.69 Å². The zero-order chi connectivity index (χ0) is 21.0. The summed E-state index contributed by atoms with van der Waals surface area (Å²) in [4.78, 5) is 31.8. The topological polar surface area (TPSA) is 79.2 Å². The molecule has 3 N–H and O–H groups in total. The number of amides is 2. The minimum atomic E-state index is -0.726. The molecular weight excluding hydrogens is 394 g/mol. The molecule has 5 rings (SSSR count). The van der Waals surface area contributed by atoms with Gasteiger partial charge in [0.05, 0.1) is 12.0 Å². The third-order valence-corrected chi connectivity index (χ3v) is 6.73. The van der Waals surface area contributed by atoms with Crippen molar-refractivity contribution >= 4 is 39.7 Å². The van der Waals surface area contributed by atoms with Gasteiger partial charge in [0.2, 0.25) is 11.8 Å². The van der Waals surface area contributed by atoms with Crippen molar-refractivity contribution in [2.75, 3.05) is 4.90 Å². The van der Waals surface area contributed by atoms with Crippen LogP contribution in [-0.2, 0) is 16.8 Å². The van der Waals surface area contributed by atoms with Crippen LogP contribution >= 0.6 is 11.3 Å². The van der Waals surface area contributed by atoms with Crippen LogP contribution in [0.3, 0.4) is 0 Å². The van der Waals surface area contributed by atoms with Crippen LogP contribution in [0.15, 0.2) is 60.1 Å². The van der Waals surface area contributed by atoms with E-state index in [0.717, 1.165) is 38.2 Å². The number of anilines is 1. The van der Waals surface area contributed by atoms with Gasteiger partial charge < -0.3 is 15.6 Å². The largest absolute Gasteiger partial charge is 0.366 e. The second-order valence-electron chi connectivity index (χ2n) is 8.13. The van der Waals surface area contributed by atoms with E-state index in [1.807, 2.05) is 67.9 Å². The van der Waals surface area contributed by atoms with E-state index in [4.69, 9.17) is 5.73 Å². The van der Waals surface area contributed by atoms with Crippen LogP contribution in [0, 0.1) is 0 Å². The van der Waals surface area contributed by atoms with E-state index in [1.54, 1.807) is 22.3 Å². The van der Waals surface area contributed by atoms with Gasteiger partial charge in [0.1, 0.15) is 0 Å². The number of rotatable bonds is 4. The van der Waals surface area contributed by atoms with Gasteiger partial charge in [-0.05, 0) is 54.6 Å². The van der Waals surface area contributed by atoms with Crippen LogP contribution in [0.5, 0.6) is 0 Å². The number of benzene rings is 2. The predicted octanol–water partition coefficient (Wildman–Crippen LogP) is 4.82. The molecular formula is C24H21N3O2S. The summed E-state index contributed by atoms with van der Waals surface area (Å²) in [7, 11) is 0. The van der Waals surface area contributed by atoms with Crippen LogP contribution < -0.4 is 10.6 Å². The molecule has 6 heteroatoms. The van der Waals surface area contributed by atoms with Gasteiger partial charge in [0, 0.05) is 38.8 Å². The number of fused-ring (bicyclic) bond motifs is 2. The van der Waals surface area contributed by atoms with Crippen LogP contribution in [0.25, 0.3) is 22.0 Å². The second kappa shape index (κ2) is 6.57. The maximum Gasteiger partial charge on any atom is 0.248 e. The number of carbonyl (C=O) groups excluding carboxylic acids is 2. The van der Waals surface area contributed by atoms with E-state index in [-0.39, 0.29) is 5.91 Å². The maximum absolute atomic E-state index is 13.5. The molecule has 0 atom stereocenters. The third-order valence-electron chi connectivity index (χ3n) is 5.87. The van der Waals surface area contributed by atoms with Gasteiger partial charge in [-0.3, -0.25) is 9.59 Å². The molecule has 1 aliphatic heterocycles. The molecule has 0 unspecified atom stereocenters. The summed E-state index contributed by atoms with van der Waals surface area (Å²) in [6.07, 6.45) is 1.94. The standard InChI is InChI=1S/C24H21N3O2S/c1-24(2)21-17(18-12-26-19-8-4-3-7-16(18)19)10-14(22(25)28)11-20(21)27(23(24)29)13-15-6-5-9-30-15/h3-12,26H,13H2,1-2H3,(H2,25,28). The van der Waals surface area contributed by atoms with Crippen molar-refractivity contribution in [1.82, 2.24) is 4.98 Å². The van der Waals surface area contributed by atoms with E-state index in [9.17, 15) is 9.59 Å². The Morgan fingerprint density at radius 3 is 2.67 bits per heavy atom. The van der Waals surface area contributed by atoms with Gasteiger partial charge in [-0.1, -0.05) is 24.3 Å². The first-order valence-corrected chi connectivity index (χ1v) is 10.6. The van der Waals surface area contributed by atoms with Gasteiger partial charge in [0.15, 0.2) is 0 Å². The summed E-state index contributed by atoms with van der Waals surface area (Å²) in [6.45, 7) is 4.37. The van der Waals surface area contributed by atoms with Crippen molar-refractivity contribution < 1.29 is 9.59 Å². The molecule has 1 aliphatic rings. The highest BCUT2D eigenvalue weighted by Crippen LogP contribution is 2.49. The first-order valence-electron chi connectivity index (χ1n) is 9.77. The fourth-order valence-electron chi connectivity index (χ4n) is 4.41. The lowest BCUT2D eigenvalue weighted by Gasteiger charge is -2.20. The minimum absolute atomic E-state index is 0.0219. The SMILES string of the molecule is CC1(C)C(=O)N(Cc2cccs2)c2cc(C(N)=O)cc(-c3c[nH]c4ccccc34)c21. The Morgan fingerprint density at radius 1 is 1.13 bits per heavy atom. The number of nitrogens with two attached hydrogens (primary N) is 1. The minimum Gasteiger partial charge on any atom is -0.366 e. The number of carbonyl (C=O) groups is 2. The quantitative estimate of drug-likeness (QED) is 0.501. The lowest BCUT2D eigenvalue weighted by Crippen LogP contribution is -2.35. The number of nitrogens with one attached hydrogen (secondary N) is 1. The van der Waals surface area contributed by atoms with Gasteiger partial charge in [-0.2, -0.15) is 0 Å². The lowest BCUT2D eigenvalue weighted by atomic mass is 9.80. The fraction of sp³-hybridized carbons (Fsp3) is 0.167. The number of hydrogen-bond acceptors (Lipinski definition) is 3. The molecule has 0 saturated carbocycles. The molecule has 30 heavy (non-hydrogen) atoms. The summed E-state index contributed by atoms with van der Waals surface area (Å²) >= 11 is 1.61. The molecule has 0 aliphatic carbocycles. The average molecular weight is 416 g/mol. The Kier molecular flexibility index (Phi) is 4.08. The third kappa shape index (κ3) is 2.68. The molecule has 0 radical (unpaired) electrons. The zero-order valence-electron chi connectivity index (χ0n) is 16.7. The highest BCUT2D eigenvalue weighted by Gasteiger charge is 2.46. The van der Waals surface area contributed by atoms with Crippen molar-refractivity contribution in [3.05, 3.63) is 76.1 Å². The molecule has 0 spiro atoms. The Hall–Kier alpha value is -3.38. The number of hydrogen-bond donors (Lipinski definition) is 2. The maximum atomic E-state index is 13.5. The highest BCUT2D eigenvalue weighted by atomic mass is 32.1. The van der Waals surface area contributed by atoms with E-state index in [2.05, 4.69) is 4.98 Å². The Bertz CT molecular complexity index is 1300. The first kappa shape index (κ1) is 18.6. The molecule has 0 saturated heterocycles. The molecule has 2 aromatic heterocycles. The molecule has 0 bridgehead atoms. The fourth-order valence-corrected chi connectivity index (χ4v) is 5.11. The lowest BCUT2D eigenvalue weighted by molar-refractivity contribution is -0.122. The molecule has 0 fully saturated rings. The first-order chi connectivity index (χ1) is 14.4. The number of para-hydroxylation sites is 1. The van der Waals surface area contributed by atoms with Crippen LogP contribution in [0.1, 0.15) is 34.6 Å². The van der Waals surface area contributed by atoms with Crippen molar-refractivity contribution in [2.45, 2.75) is 25.8 Å². The average Bonchev–Trinajstić information content (AvgIpc) is 3.43. The van der Waals surface area contributed by atoms with E-state index >= 15 is 0 Å². The Morgan fingerprint density at radius 2 is 1.93 bits per heavy atom. The smallest absolute Gasteiger partial charge is 0.248 e. The number of aromatic amines is 1. The van der Waals surface area contributed by atoms with Gasteiger partial charge in [-0.25, -0.2) is 0 Å². The molecule has 3 heterocycles. The summed E-state index contributed by atoms with van der Waals surface area (Å²) in [5.74, 6) is -0.485. The Labute approximate surface area is 178 Å². The monoisotopic (exact) mass is 415 g/mol. The summed E-state index contributed by atoms with van der Waals surface area (Å²) in [6, 6.07) is 15.6. The highest BCUT2D eigenvalue weighted by molar-refractivity contribution is 7.09. The molecule has 2 amide bonds. The van der Waals surface area contributed by atoms with E-state index in [0.29, 0.717) is 12.1 Å². The van der Waals surface area contributed by atoms with Crippen molar-refractivity contribution in [3.63, 3.8) is 0 Å². The van der Waals surface area contributed by atoms with Crippen LogP contribution in [-0.4, -0.2) is 16.8 Å². The summed E-state index contributed by atoms with van der Waals surface area (Å²) in [5, 5.41) is 3.04. The predicted molar refractivity (Wildman–Crippen MR) is 121 cm³/mol. The number of thiophene rings is 1. The second-order valence-corrected chi connectivity index (χ2v) is 9.16. The number of nitrogens with zero attached hydrogens (tertiary/aromatic N) is 1. The van der Waals surface area contributed by atoms with Gasteiger partial charge in [-0.15, -0.1) is 11.3 Å². The Balaban J connectivity index is 1.79. The van der Waals surface area contributed by atoms with Crippen LogP contribution in [0.2, 0.25) is 0 Å². The molecule has 150 valence electrons. The number of primary amides is 1. The molecule has 2 aromatic carbocycles.